The van der Waals surface area contributed by atoms with Crippen molar-refractivity contribution in [1.29, 1.82) is 0 Å². The summed E-state index contributed by atoms with van der Waals surface area (Å²) in [5, 5.41) is 23.3. The summed E-state index contributed by atoms with van der Waals surface area (Å²) in [4.78, 5) is 13.5. The zero-order valence-corrected chi connectivity index (χ0v) is 12.9. The van der Waals surface area contributed by atoms with Crippen LogP contribution in [0.1, 0.15) is 4.88 Å². The molecule has 0 saturated heterocycles. The van der Waals surface area contributed by atoms with Crippen LogP contribution in [-0.4, -0.2) is 28.0 Å². The Morgan fingerprint density at radius 1 is 1.45 bits per heavy atom. The van der Waals surface area contributed by atoms with Crippen LogP contribution in [0.3, 0.4) is 0 Å². The van der Waals surface area contributed by atoms with Crippen molar-refractivity contribution in [3.05, 3.63) is 37.8 Å². The fourth-order valence-corrected chi connectivity index (χ4v) is 3.12. The molecule has 0 saturated carbocycles. The van der Waals surface area contributed by atoms with Gasteiger partial charge in [-0.25, -0.2) is 4.98 Å². The molecule has 2 rings (SSSR count). The topological polar surface area (TPSA) is 143 Å². The third-order valence-electron chi connectivity index (χ3n) is 2.53. The van der Waals surface area contributed by atoms with E-state index < -0.39 is 31.4 Å². The van der Waals surface area contributed by atoms with Gasteiger partial charge in [-0.15, -0.1) is 11.3 Å². The van der Waals surface area contributed by atoms with Gasteiger partial charge >= 0.3 is 0 Å². The van der Waals surface area contributed by atoms with E-state index in [4.69, 9.17) is 16.2 Å². The van der Waals surface area contributed by atoms with Crippen LogP contribution in [0.25, 0.3) is 0 Å². The number of hydrogen-bond donors (Lipinski definition) is 3. The Labute approximate surface area is 133 Å². The highest BCUT2D eigenvalue weighted by Gasteiger charge is 2.24. The Balaban J connectivity index is 2.41. The number of thiazole rings is 1. The molecule has 0 amide bonds. The molecule has 0 aliphatic heterocycles. The van der Waals surface area contributed by atoms with E-state index in [0.717, 1.165) is 17.4 Å². The van der Waals surface area contributed by atoms with Gasteiger partial charge in [-0.2, -0.15) is 8.42 Å². The summed E-state index contributed by atoms with van der Waals surface area (Å²) in [6, 6.07) is 1.52. The second kappa shape index (κ2) is 6.04. The summed E-state index contributed by atoms with van der Waals surface area (Å²) in [6.07, 6.45) is 1.46. The monoisotopic (exact) mass is 365 g/mol. The van der Waals surface area contributed by atoms with Crippen LogP contribution in [0.15, 0.2) is 23.2 Å². The maximum atomic E-state index is 11.2. The summed E-state index contributed by atoms with van der Waals surface area (Å²) < 4.78 is 31.7. The number of halogens is 1. The van der Waals surface area contributed by atoms with Crippen LogP contribution in [0.5, 0.6) is 5.75 Å². The Bertz CT molecular complexity index is 835. The molecule has 1 aromatic carbocycles. The van der Waals surface area contributed by atoms with Crippen molar-refractivity contribution in [2.24, 2.45) is 0 Å². The number of aromatic hydroxyl groups is 1. The second-order valence-corrected chi connectivity index (χ2v) is 7.09. The largest absolute Gasteiger partial charge is 0.504 e. The first-order valence-electron chi connectivity index (χ1n) is 5.51. The molecule has 2 aromatic rings. The lowest BCUT2D eigenvalue weighted by atomic mass is 10.2. The van der Waals surface area contributed by atoms with Crippen molar-refractivity contribution in [3.8, 4) is 5.75 Å². The van der Waals surface area contributed by atoms with E-state index in [9.17, 15) is 23.6 Å². The van der Waals surface area contributed by atoms with Crippen LogP contribution < -0.4 is 5.32 Å². The number of anilines is 1. The minimum Gasteiger partial charge on any atom is -0.504 e. The van der Waals surface area contributed by atoms with Crippen molar-refractivity contribution < 1.29 is 23.0 Å². The number of rotatable bonds is 5. The number of phenols is 1. The number of benzene rings is 1. The summed E-state index contributed by atoms with van der Waals surface area (Å²) in [5.74, 6) is -0.816. The average molecular weight is 366 g/mol. The minimum absolute atomic E-state index is 0.101. The van der Waals surface area contributed by atoms with E-state index in [-0.39, 0.29) is 12.2 Å². The predicted octanol–water partition coefficient (Wildman–Crippen LogP) is 2.27. The van der Waals surface area contributed by atoms with Gasteiger partial charge < -0.3 is 10.4 Å². The zero-order chi connectivity index (χ0) is 16.5. The first-order chi connectivity index (χ1) is 10.2. The van der Waals surface area contributed by atoms with E-state index in [2.05, 4.69) is 10.3 Å². The zero-order valence-electron chi connectivity index (χ0n) is 10.6. The summed E-state index contributed by atoms with van der Waals surface area (Å²) in [6.45, 7) is 0.101. The molecule has 1 aromatic heterocycles. The highest BCUT2D eigenvalue weighted by atomic mass is 35.5. The third kappa shape index (κ3) is 3.62. The van der Waals surface area contributed by atoms with Gasteiger partial charge in [-0.1, -0.05) is 11.6 Å². The van der Waals surface area contributed by atoms with E-state index >= 15 is 0 Å². The van der Waals surface area contributed by atoms with Gasteiger partial charge in [0.2, 0.25) is 0 Å². The molecule has 0 aliphatic rings. The van der Waals surface area contributed by atoms with Gasteiger partial charge in [0.15, 0.2) is 10.2 Å². The Kier molecular flexibility index (Phi) is 4.51. The summed E-state index contributed by atoms with van der Waals surface area (Å²) in [5.41, 5.74) is -0.818. The highest BCUT2D eigenvalue weighted by Crippen LogP contribution is 2.36. The molecule has 22 heavy (non-hydrogen) atoms. The van der Waals surface area contributed by atoms with Crippen molar-refractivity contribution in [2.75, 3.05) is 5.32 Å². The van der Waals surface area contributed by atoms with Crippen LogP contribution >= 0.6 is 22.9 Å². The number of nitro benzene ring substituents is 1. The molecular weight excluding hydrogens is 358 g/mol. The normalized spacial score (nSPS) is 11.4. The highest BCUT2D eigenvalue weighted by molar-refractivity contribution is 7.86. The molecule has 0 fully saturated rings. The maximum Gasteiger partial charge on any atom is 0.298 e. The minimum atomic E-state index is -4.82. The molecule has 1 heterocycles. The van der Waals surface area contributed by atoms with Crippen LogP contribution in [0, 0.1) is 10.1 Å². The van der Waals surface area contributed by atoms with Crippen LogP contribution in [0.4, 0.5) is 11.4 Å². The van der Waals surface area contributed by atoms with Crippen LogP contribution in [-0.2, 0) is 16.7 Å². The van der Waals surface area contributed by atoms with Crippen molar-refractivity contribution >= 4 is 44.4 Å². The van der Waals surface area contributed by atoms with E-state index in [1.54, 1.807) is 0 Å². The smallest absolute Gasteiger partial charge is 0.298 e. The SMILES string of the molecule is O=[N+]([O-])c1cc(NCc2cnc(Cl)s2)c(O)c(S(=O)(=O)O)c1. The van der Waals surface area contributed by atoms with Crippen molar-refractivity contribution in [3.63, 3.8) is 0 Å². The molecule has 0 radical (unpaired) electrons. The van der Waals surface area contributed by atoms with E-state index in [0.29, 0.717) is 15.4 Å². The molecular formula is C10H8ClN3O6S2. The van der Waals surface area contributed by atoms with Gasteiger partial charge in [-0.3, -0.25) is 14.7 Å². The van der Waals surface area contributed by atoms with Gasteiger partial charge in [-0.05, 0) is 0 Å². The van der Waals surface area contributed by atoms with Gasteiger partial charge in [0, 0.05) is 23.2 Å². The average Bonchev–Trinajstić information content (AvgIpc) is 2.81. The maximum absolute atomic E-state index is 11.2. The number of non-ortho nitro benzene ring substituents is 1. The number of aromatic nitrogens is 1. The predicted molar refractivity (Wildman–Crippen MR) is 79.0 cm³/mol. The fraction of sp³-hybridized carbons (Fsp3) is 0.100. The molecule has 3 N–H and O–H groups in total. The Morgan fingerprint density at radius 3 is 2.64 bits per heavy atom. The number of hydrogen-bond acceptors (Lipinski definition) is 8. The molecule has 9 nitrogen and oxygen atoms in total. The summed E-state index contributed by atoms with van der Waals surface area (Å²) >= 11 is 6.80. The molecule has 0 atom stereocenters. The Morgan fingerprint density at radius 2 is 2.14 bits per heavy atom. The second-order valence-electron chi connectivity index (χ2n) is 4.01. The number of nitrogens with one attached hydrogen (secondary N) is 1. The van der Waals surface area contributed by atoms with Crippen molar-refractivity contribution in [1.82, 2.24) is 4.98 Å². The molecule has 0 aliphatic carbocycles. The van der Waals surface area contributed by atoms with Crippen molar-refractivity contribution in [2.45, 2.75) is 11.4 Å². The lowest BCUT2D eigenvalue weighted by molar-refractivity contribution is -0.385. The molecule has 0 spiro atoms. The van der Waals surface area contributed by atoms with E-state index in [1.165, 1.54) is 6.20 Å². The number of phenolic OH excluding ortho intramolecular Hbond substituents is 1. The Hall–Kier alpha value is -1.95. The third-order valence-corrected chi connectivity index (χ3v) is 4.51. The number of nitrogens with zero attached hydrogens (tertiary/aromatic N) is 2. The van der Waals surface area contributed by atoms with Gasteiger partial charge in [0.05, 0.1) is 17.2 Å². The first-order valence-corrected chi connectivity index (χ1v) is 8.15. The summed E-state index contributed by atoms with van der Waals surface area (Å²) in [7, 11) is -4.82. The van der Waals surface area contributed by atoms with Gasteiger partial charge in [0.1, 0.15) is 4.90 Å². The molecule has 0 bridgehead atoms. The first kappa shape index (κ1) is 16.4. The lowest BCUT2D eigenvalue weighted by Gasteiger charge is -2.10. The standard InChI is InChI=1S/C10H8ClN3O6S2/c11-10-13-4-6(21-10)3-12-7-1-5(14(16)17)2-8(9(7)15)22(18,19)20/h1-2,4,12,15H,3H2,(H,18,19,20). The van der Waals surface area contributed by atoms with E-state index in [1.807, 2.05) is 0 Å². The molecule has 12 heteroatoms. The van der Waals surface area contributed by atoms with Gasteiger partial charge in [0.25, 0.3) is 15.8 Å². The quantitative estimate of drug-likeness (QED) is 0.317. The lowest BCUT2D eigenvalue weighted by Crippen LogP contribution is -2.04. The molecule has 118 valence electrons. The molecule has 0 unspecified atom stereocenters. The number of nitro groups is 1. The van der Waals surface area contributed by atoms with Crippen LogP contribution in [0.2, 0.25) is 4.47 Å². The fourth-order valence-electron chi connectivity index (χ4n) is 1.58.